The van der Waals surface area contributed by atoms with Gasteiger partial charge in [0.15, 0.2) is 0 Å². The second-order valence-corrected chi connectivity index (χ2v) is 12.4. The molecule has 0 amide bonds. The lowest BCUT2D eigenvalue weighted by Gasteiger charge is -2.28. The van der Waals surface area contributed by atoms with E-state index in [4.69, 9.17) is 22.9 Å². The summed E-state index contributed by atoms with van der Waals surface area (Å²) in [4.78, 5) is 4.49. The van der Waals surface area contributed by atoms with E-state index in [-0.39, 0.29) is 0 Å². The van der Waals surface area contributed by atoms with Gasteiger partial charge in [-0.1, -0.05) is 72.8 Å². The van der Waals surface area contributed by atoms with Crippen molar-refractivity contribution in [3.05, 3.63) is 170 Å². The van der Waals surface area contributed by atoms with Gasteiger partial charge in [-0.2, -0.15) is 0 Å². The maximum absolute atomic E-state index is 6.39. The van der Waals surface area contributed by atoms with Gasteiger partial charge in [-0.15, -0.1) is 0 Å². The number of nitrogens with zero attached hydrogens (tertiary/aromatic N) is 2. The SMILES string of the molecule is Nc1ccc(N(c2ccc(-c3ccc(N(c4ccc(N)cc4)c4ccc(N)c5ccccc45)cc3)cc2)c2ccc(N)c3ccccc23)cc1. The molecule has 242 valence electrons. The molecule has 8 aromatic carbocycles. The second kappa shape index (κ2) is 12.6. The Kier molecular flexibility index (Phi) is 7.66. The van der Waals surface area contributed by atoms with Crippen molar-refractivity contribution < 1.29 is 0 Å². The average molecular weight is 649 g/mol. The molecule has 0 aliphatic heterocycles. The fraction of sp³-hybridized carbons (Fsp3) is 0. The number of fused-ring (bicyclic) bond motifs is 2. The first-order chi connectivity index (χ1) is 24.4. The minimum Gasteiger partial charge on any atom is -0.399 e. The van der Waals surface area contributed by atoms with Crippen molar-refractivity contribution in [2.45, 2.75) is 0 Å². The third-order valence-corrected chi connectivity index (χ3v) is 9.24. The van der Waals surface area contributed by atoms with Gasteiger partial charge in [0.25, 0.3) is 0 Å². The van der Waals surface area contributed by atoms with E-state index >= 15 is 0 Å². The molecule has 8 rings (SSSR count). The highest BCUT2D eigenvalue weighted by molar-refractivity contribution is 6.05. The number of nitrogens with two attached hydrogens (primary N) is 4. The standard InChI is InChI=1S/C44H36N6/c45-31-13-21-35(22-14-31)49(43-27-25-41(47)37-5-1-3-7-39(37)43)33-17-9-29(10-18-33)30-11-19-34(20-12-30)50(36-23-15-32(46)16-24-36)44-28-26-42(48)38-6-2-4-8-40(38)44/h1-28H,45-48H2. The molecule has 0 fully saturated rings. The van der Waals surface area contributed by atoms with Crippen molar-refractivity contribution in [1.29, 1.82) is 0 Å². The third-order valence-electron chi connectivity index (χ3n) is 9.24. The van der Waals surface area contributed by atoms with E-state index in [1.54, 1.807) is 0 Å². The molecule has 0 aliphatic rings. The van der Waals surface area contributed by atoms with Crippen LogP contribution < -0.4 is 32.7 Å². The summed E-state index contributed by atoms with van der Waals surface area (Å²) in [5.74, 6) is 0. The van der Waals surface area contributed by atoms with Crippen LogP contribution in [0.2, 0.25) is 0 Å². The third kappa shape index (κ3) is 5.55. The van der Waals surface area contributed by atoms with E-state index in [2.05, 4.69) is 94.7 Å². The minimum atomic E-state index is 0.717. The molecule has 8 N–H and O–H groups in total. The van der Waals surface area contributed by atoms with E-state index in [1.807, 2.05) is 84.9 Å². The average Bonchev–Trinajstić information content (AvgIpc) is 3.16. The molecule has 0 aliphatic carbocycles. The molecule has 50 heavy (non-hydrogen) atoms. The number of anilines is 10. The molecule has 0 radical (unpaired) electrons. The predicted molar refractivity (Wildman–Crippen MR) is 214 cm³/mol. The molecule has 0 spiro atoms. The molecule has 0 aromatic heterocycles. The first kappa shape index (κ1) is 30.4. The van der Waals surface area contributed by atoms with Crippen LogP contribution in [0.5, 0.6) is 0 Å². The van der Waals surface area contributed by atoms with E-state index in [1.165, 1.54) is 0 Å². The summed E-state index contributed by atoms with van der Waals surface area (Å²) in [5.41, 5.74) is 36.2. The molecular weight excluding hydrogens is 613 g/mol. The molecule has 0 saturated carbocycles. The normalized spacial score (nSPS) is 11.1. The summed E-state index contributed by atoms with van der Waals surface area (Å²) < 4.78 is 0. The molecular formula is C44H36N6. The summed E-state index contributed by atoms with van der Waals surface area (Å²) >= 11 is 0. The summed E-state index contributed by atoms with van der Waals surface area (Å²) in [5, 5.41) is 4.18. The summed E-state index contributed by atoms with van der Waals surface area (Å²) in [6.45, 7) is 0. The van der Waals surface area contributed by atoms with Crippen LogP contribution in [0, 0.1) is 0 Å². The fourth-order valence-electron chi connectivity index (χ4n) is 6.71. The second-order valence-electron chi connectivity index (χ2n) is 12.4. The van der Waals surface area contributed by atoms with Gasteiger partial charge in [0.2, 0.25) is 0 Å². The molecule has 0 bridgehead atoms. The van der Waals surface area contributed by atoms with Gasteiger partial charge in [-0.3, -0.25) is 0 Å². The Labute approximate surface area is 291 Å². The van der Waals surface area contributed by atoms with Crippen molar-refractivity contribution in [3.63, 3.8) is 0 Å². The van der Waals surface area contributed by atoms with Gasteiger partial charge in [0, 0.05) is 67.0 Å². The number of benzene rings is 8. The van der Waals surface area contributed by atoms with Crippen LogP contribution in [-0.4, -0.2) is 0 Å². The number of hydrogen-bond acceptors (Lipinski definition) is 6. The topological polar surface area (TPSA) is 111 Å². The van der Waals surface area contributed by atoms with Gasteiger partial charge in [-0.25, -0.2) is 0 Å². The predicted octanol–water partition coefficient (Wildman–Crippen LogP) is 10.9. The van der Waals surface area contributed by atoms with Crippen LogP contribution in [0.4, 0.5) is 56.9 Å². The van der Waals surface area contributed by atoms with Crippen molar-refractivity contribution in [1.82, 2.24) is 0 Å². The zero-order valence-electron chi connectivity index (χ0n) is 27.4. The molecule has 0 unspecified atom stereocenters. The highest BCUT2D eigenvalue weighted by Gasteiger charge is 2.18. The van der Waals surface area contributed by atoms with E-state index < -0.39 is 0 Å². The first-order valence-electron chi connectivity index (χ1n) is 16.5. The van der Waals surface area contributed by atoms with E-state index in [0.717, 1.165) is 78.2 Å². The lowest BCUT2D eigenvalue weighted by atomic mass is 10.0. The van der Waals surface area contributed by atoms with Crippen LogP contribution in [0.15, 0.2) is 170 Å². The van der Waals surface area contributed by atoms with Crippen molar-refractivity contribution in [3.8, 4) is 11.1 Å². The smallest absolute Gasteiger partial charge is 0.0541 e. The van der Waals surface area contributed by atoms with Gasteiger partial charge in [-0.05, 0) is 108 Å². The maximum Gasteiger partial charge on any atom is 0.0541 e. The Morgan fingerprint density at radius 2 is 0.580 bits per heavy atom. The zero-order chi connectivity index (χ0) is 34.2. The fourth-order valence-corrected chi connectivity index (χ4v) is 6.71. The van der Waals surface area contributed by atoms with Crippen molar-refractivity contribution >= 4 is 78.4 Å². The lowest BCUT2D eigenvalue weighted by Crippen LogP contribution is -2.11. The summed E-state index contributed by atoms with van der Waals surface area (Å²) in [6.07, 6.45) is 0. The van der Waals surface area contributed by atoms with Gasteiger partial charge >= 0.3 is 0 Å². The molecule has 0 saturated heterocycles. The van der Waals surface area contributed by atoms with Crippen LogP contribution in [0.3, 0.4) is 0 Å². The van der Waals surface area contributed by atoms with Crippen molar-refractivity contribution in [2.75, 3.05) is 32.7 Å². The zero-order valence-corrected chi connectivity index (χ0v) is 27.4. The Balaban J connectivity index is 1.17. The number of rotatable bonds is 7. The number of hydrogen-bond donors (Lipinski definition) is 4. The maximum atomic E-state index is 6.39. The Morgan fingerprint density at radius 1 is 0.280 bits per heavy atom. The first-order valence-corrected chi connectivity index (χ1v) is 16.5. The van der Waals surface area contributed by atoms with E-state index in [0.29, 0.717) is 11.4 Å². The molecule has 8 aromatic rings. The van der Waals surface area contributed by atoms with Crippen molar-refractivity contribution in [2.24, 2.45) is 0 Å². The van der Waals surface area contributed by atoms with Crippen LogP contribution in [0.25, 0.3) is 32.7 Å². The summed E-state index contributed by atoms with van der Waals surface area (Å²) in [6, 6.07) is 57.8. The van der Waals surface area contributed by atoms with Gasteiger partial charge in [0.1, 0.15) is 0 Å². The van der Waals surface area contributed by atoms with Crippen LogP contribution in [-0.2, 0) is 0 Å². The molecule has 6 nitrogen and oxygen atoms in total. The van der Waals surface area contributed by atoms with Gasteiger partial charge in [0.05, 0.1) is 11.4 Å². The van der Waals surface area contributed by atoms with Crippen LogP contribution >= 0.6 is 0 Å². The Bertz CT molecular complexity index is 2280. The largest absolute Gasteiger partial charge is 0.399 e. The highest BCUT2D eigenvalue weighted by atomic mass is 15.1. The Morgan fingerprint density at radius 3 is 0.920 bits per heavy atom. The number of nitrogen functional groups attached to an aromatic ring is 4. The molecule has 6 heteroatoms. The highest BCUT2D eigenvalue weighted by Crippen LogP contribution is 2.43. The quantitative estimate of drug-likeness (QED) is 0.128. The molecule has 0 heterocycles. The molecule has 0 atom stereocenters. The Hall–Kier alpha value is -6.92. The lowest BCUT2D eigenvalue weighted by molar-refractivity contribution is 1.29. The van der Waals surface area contributed by atoms with Crippen LogP contribution in [0.1, 0.15) is 0 Å². The van der Waals surface area contributed by atoms with Gasteiger partial charge < -0.3 is 32.7 Å². The summed E-state index contributed by atoms with van der Waals surface area (Å²) in [7, 11) is 0. The minimum absolute atomic E-state index is 0.717. The van der Waals surface area contributed by atoms with E-state index in [9.17, 15) is 0 Å². The monoisotopic (exact) mass is 648 g/mol.